The first-order valence-electron chi connectivity index (χ1n) is 4.53. The molecule has 0 spiro atoms. The van der Waals surface area contributed by atoms with Crippen molar-refractivity contribution in [2.75, 3.05) is 6.61 Å². The van der Waals surface area contributed by atoms with Crippen LogP contribution in [0.15, 0.2) is 12.7 Å². The molecule has 1 heterocycles. The Balaban J connectivity index is 3.02. The van der Waals surface area contributed by atoms with Crippen LogP contribution in [0.5, 0.6) is 0 Å². The monoisotopic (exact) mass is 248 g/mol. The van der Waals surface area contributed by atoms with Crippen molar-refractivity contribution in [3.63, 3.8) is 0 Å². The molecule has 0 aromatic rings. The van der Waals surface area contributed by atoms with Crippen LogP contribution in [0, 0.1) is 5.41 Å². The van der Waals surface area contributed by atoms with Crippen LogP contribution in [0.25, 0.3) is 0 Å². The molecule has 0 amide bonds. The molecule has 0 radical (unpaired) electrons. The van der Waals surface area contributed by atoms with Crippen molar-refractivity contribution in [1.29, 1.82) is 0 Å². The van der Waals surface area contributed by atoms with Gasteiger partial charge in [-0.25, -0.2) is 0 Å². The van der Waals surface area contributed by atoms with Gasteiger partial charge in [0.2, 0.25) is 0 Å². The summed E-state index contributed by atoms with van der Waals surface area (Å²) < 4.78 is 79.9. The topological polar surface area (TPSA) is 9.23 Å². The second-order valence-corrected chi connectivity index (χ2v) is 3.66. The Morgan fingerprint density at radius 3 is 1.75 bits per heavy atom. The normalized spacial score (nSPS) is 22.8. The lowest BCUT2D eigenvalue weighted by Gasteiger charge is -2.39. The van der Waals surface area contributed by atoms with Gasteiger partial charge in [0.15, 0.2) is 5.41 Å². The highest BCUT2D eigenvalue weighted by Crippen LogP contribution is 2.55. The van der Waals surface area contributed by atoms with Crippen molar-refractivity contribution in [2.45, 2.75) is 31.3 Å². The Morgan fingerprint density at radius 1 is 1.12 bits per heavy atom. The minimum absolute atomic E-state index is 0.0747. The van der Waals surface area contributed by atoms with Gasteiger partial charge in [-0.1, -0.05) is 6.08 Å². The van der Waals surface area contributed by atoms with E-state index >= 15 is 0 Å². The summed E-state index contributed by atoms with van der Waals surface area (Å²) in [7, 11) is 0. The molecule has 0 aromatic heterocycles. The lowest BCUT2D eigenvalue weighted by atomic mass is 9.79. The van der Waals surface area contributed by atoms with Gasteiger partial charge in [0, 0.05) is 13.0 Å². The number of alkyl halides is 6. The Labute approximate surface area is 88.1 Å². The molecule has 1 fully saturated rings. The van der Waals surface area contributed by atoms with E-state index in [2.05, 4.69) is 11.3 Å². The average molecular weight is 248 g/mol. The van der Waals surface area contributed by atoms with Crippen molar-refractivity contribution < 1.29 is 31.1 Å². The lowest BCUT2D eigenvalue weighted by Crippen LogP contribution is -2.52. The maximum Gasteiger partial charge on any atom is 0.406 e. The third kappa shape index (κ3) is 2.05. The van der Waals surface area contributed by atoms with E-state index in [1.807, 2.05) is 0 Å². The van der Waals surface area contributed by atoms with E-state index in [-0.39, 0.29) is 19.1 Å². The quantitative estimate of drug-likeness (QED) is 0.549. The third-order valence-corrected chi connectivity index (χ3v) is 2.70. The predicted molar refractivity (Wildman–Crippen MR) is 43.7 cm³/mol. The average Bonchev–Trinajstić information content (AvgIpc) is 1.97. The smallest absolute Gasteiger partial charge is 0.378 e. The molecule has 1 unspecified atom stereocenters. The van der Waals surface area contributed by atoms with Gasteiger partial charge < -0.3 is 4.74 Å². The van der Waals surface area contributed by atoms with Gasteiger partial charge in [-0.05, 0) is 6.42 Å². The summed E-state index contributed by atoms with van der Waals surface area (Å²) >= 11 is 0. The van der Waals surface area contributed by atoms with Gasteiger partial charge in [-0.2, -0.15) is 26.3 Å². The number of allylic oxidation sites excluding steroid dienone is 1. The van der Waals surface area contributed by atoms with Gasteiger partial charge in [-0.3, -0.25) is 0 Å². The third-order valence-electron chi connectivity index (χ3n) is 2.70. The van der Waals surface area contributed by atoms with E-state index in [9.17, 15) is 26.3 Å². The van der Waals surface area contributed by atoms with E-state index in [1.54, 1.807) is 0 Å². The van der Waals surface area contributed by atoms with E-state index in [0.717, 1.165) is 0 Å². The first-order chi connectivity index (χ1) is 7.14. The van der Waals surface area contributed by atoms with E-state index in [0.29, 0.717) is 0 Å². The molecule has 1 rings (SSSR count). The van der Waals surface area contributed by atoms with Gasteiger partial charge in [0.05, 0.1) is 6.10 Å². The van der Waals surface area contributed by atoms with Gasteiger partial charge in [0.25, 0.3) is 0 Å². The summed E-state index contributed by atoms with van der Waals surface area (Å²) in [6.45, 7) is 2.88. The van der Waals surface area contributed by atoms with Crippen LogP contribution in [0.4, 0.5) is 26.3 Å². The van der Waals surface area contributed by atoms with Crippen molar-refractivity contribution >= 4 is 0 Å². The van der Waals surface area contributed by atoms with E-state index < -0.39 is 30.3 Å². The number of halogens is 6. The standard InChI is InChI=1S/C9H10F6O/c1-2-7(8(10,11)12,9(13,14)15)5-6-3-4-16-6/h2,6H,1,3-5H2. The molecule has 0 aromatic carbocycles. The van der Waals surface area contributed by atoms with Gasteiger partial charge >= 0.3 is 12.4 Å². The van der Waals surface area contributed by atoms with Crippen LogP contribution in [0.2, 0.25) is 0 Å². The molecular formula is C9H10F6O. The molecule has 1 aliphatic heterocycles. The van der Waals surface area contributed by atoms with Crippen LogP contribution in [-0.4, -0.2) is 25.1 Å². The maximum atomic E-state index is 12.5. The first-order valence-corrected chi connectivity index (χ1v) is 4.53. The zero-order chi connectivity index (χ0) is 12.6. The fourth-order valence-electron chi connectivity index (χ4n) is 1.51. The van der Waals surface area contributed by atoms with Crippen molar-refractivity contribution in [3.05, 3.63) is 12.7 Å². The molecular weight excluding hydrogens is 238 g/mol. The van der Waals surface area contributed by atoms with Crippen LogP contribution in [-0.2, 0) is 4.74 Å². The first kappa shape index (κ1) is 13.3. The second-order valence-electron chi connectivity index (χ2n) is 3.66. The minimum atomic E-state index is -5.41. The molecule has 16 heavy (non-hydrogen) atoms. The fraction of sp³-hybridized carbons (Fsp3) is 0.778. The molecule has 0 aliphatic carbocycles. The molecule has 1 nitrogen and oxygen atoms in total. The molecule has 7 heteroatoms. The summed E-state index contributed by atoms with van der Waals surface area (Å²) in [5.74, 6) is 0. The summed E-state index contributed by atoms with van der Waals surface area (Å²) in [5.41, 5.74) is -3.87. The van der Waals surface area contributed by atoms with E-state index in [4.69, 9.17) is 0 Å². The molecule has 1 saturated heterocycles. The summed E-state index contributed by atoms with van der Waals surface area (Å²) in [6.07, 6.45) is -12.8. The summed E-state index contributed by atoms with van der Waals surface area (Å²) in [5, 5.41) is 0. The number of hydrogen-bond donors (Lipinski definition) is 0. The van der Waals surface area contributed by atoms with Crippen molar-refractivity contribution in [2.24, 2.45) is 5.41 Å². The largest absolute Gasteiger partial charge is 0.406 e. The lowest BCUT2D eigenvalue weighted by molar-refractivity contribution is -0.332. The SMILES string of the molecule is C=CC(CC1CCO1)(C(F)(F)F)C(F)(F)F. The maximum absolute atomic E-state index is 12.5. The highest BCUT2D eigenvalue weighted by molar-refractivity contribution is 5.07. The van der Waals surface area contributed by atoms with Crippen molar-refractivity contribution in [1.82, 2.24) is 0 Å². The predicted octanol–water partition coefficient (Wildman–Crippen LogP) is 3.46. The Morgan fingerprint density at radius 2 is 1.56 bits per heavy atom. The van der Waals surface area contributed by atoms with Crippen LogP contribution in [0.3, 0.4) is 0 Å². The second kappa shape index (κ2) is 3.94. The summed E-state index contributed by atoms with van der Waals surface area (Å²) in [4.78, 5) is 0. The van der Waals surface area contributed by atoms with E-state index in [1.165, 1.54) is 0 Å². The molecule has 94 valence electrons. The molecule has 0 N–H and O–H groups in total. The van der Waals surface area contributed by atoms with Crippen LogP contribution in [0.1, 0.15) is 12.8 Å². The zero-order valence-corrected chi connectivity index (χ0v) is 8.16. The molecule has 0 saturated carbocycles. The molecule has 1 atom stereocenters. The van der Waals surface area contributed by atoms with Gasteiger partial charge in [-0.15, -0.1) is 6.58 Å². The molecule has 0 bridgehead atoms. The number of rotatable bonds is 3. The number of hydrogen-bond acceptors (Lipinski definition) is 1. The Kier molecular flexibility index (Phi) is 3.29. The van der Waals surface area contributed by atoms with Gasteiger partial charge in [0.1, 0.15) is 0 Å². The zero-order valence-electron chi connectivity index (χ0n) is 8.16. The molecule has 1 aliphatic rings. The highest BCUT2D eigenvalue weighted by Gasteiger charge is 2.69. The fourth-order valence-corrected chi connectivity index (χ4v) is 1.51. The highest BCUT2D eigenvalue weighted by atomic mass is 19.4. The number of ether oxygens (including phenoxy) is 1. The Hall–Kier alpha value is -0.720. The summed E-state index contributed by atoms with van der Waals surface area (Å²) in [6, 6.07) is 0. The Bertz CT molecular complexity index is 248. The van der Waals surface area contributed by atoms with Crippen LogP contribution < -0.4 is 0 Å². The van der Waals surface area contributed by atoms with Crippen molar-refractivity contribution in [3.8, 4) is 0 Å². The minimum Gasteiger partial charge on any atom is -0.378 e. The van der Waals surface area contributed by atoms with Crippen LogP contribution >= 0.6 is 0 Å².